The van der Waals surface area contributed by atoms with Crippen LogP contribution in [0.15, 0.2) is 27.4 Å². The topological polar surface area (TPSA) is 107 Å². The second-order valence-electron chi connectivity index (χ2n) is 5.53. The fraction of sp³-hybridized carbons (Fsp3) is 0.462. The molecule has 1 aliphatic heterocycles. The van der Waals surface area contributed by atoms with Crippen LogP contribution in [0.4, 0.5) is 5.69 Å². The van der Waals surface area contributed by atoms with Crippen molar-refractivity contribution in [1.82, 2.24) is 9.88 Å². The van der Waals surface area contributed by atoms with E-state index in [0.29, 0.717) is 29.9 Å². The number of nitrogens with zero attached hydrogens (tertiary/aromatic N) is 2. The molecule has 0 aliphatic carbocycles. The molecule has 1 atom stereocenters. The Labute approximate surface area is 127 Å². The molecule has 22 heavy (non-hydrogen) atoms. The molecular weight excluding hydrogens is 310 g/mol. The zero-order chi connectivity index (χ0) is 15.9. The number of aromatic amines is 1. The minimum atomic E-state index is -4.10. The number of para-hydroxylation sites is 1. The Morgan fingerprint density at radius 2 is 2.18 bits per heavy atom. The molecular formula is C13H17N3O5S. The lowest BCUT2D eigenvalue weighted by atomic mass is 10.1. The highest BCUT2D eigenvalue weighted by Gasteiger charge is 2.30. The third-order valence-corrected chi connectivity index (χ3v) is 4.63. The van der Waals surface area contributed by atoms with Gasteiger partial charge in [-0.05, 0) is 19.2 Å². The van der Waals surface area contributed by atoms with Gasteiger partial charge in [0.2, 0.25) is 0 Å². The van der Waals surface area contributed by atoms with Gasteiger partial charge >= 0.3 is 5.76 Å². The molecule has 0 bridgehead atoms. The number of hydrogen-bond donors (Lipinski definition) is 2. The number of hydrogen-bond acceptors (Lipinski definition) is 6. The summed E-state index contributed by atoms with van der Waals surface area (Å²) in [5, 5.41) is 0. The van der Waals surface area contributed by atoms with Crippen molar-refractivity contribution in [2.24, 2.45) is 0 Å². The van der Waals surface area contributed by atoms with E-state index in [4.69, 9.17) is 4.42 Å². The largest absolute Gasteiger partial charge is 0.417 e. The van der Waals surface area contributed by atoms with Crippen LogP contribution >= 0.6 is 0 Å². The van der Waals surface area contributed by atoms with Crippen molar-refractivity contribution in [2.45, 2.75) is 6.04 Å². The van der Waals surface area contributed by atoms with Gasteiger partial charge in [-0.25, -0.2) is 4.79 Å². The number of fused-ring (bicyclic) bond motifs is 1. The highest BCUT2D eigenvalue weighted by atomic mass is 32.2. The summed E-state index contributed by atoms with van der Waals surface area (Å²) in [5.74, 6) is -0.925. The Morgan fingerprint density at radius 1 is 1.41 bits per heavy atom. The van der Waals surface area contributed by atoms with Gasteiger partial charge in [0.1, 0.15) is 0 Å². The highest BCUT2D eigenvalue weighted by molar-refractivity contribution is 7.85. The van der Waals surface area contributed by atoms with E-state index >= 15 is 0 Å². The van der Waals surface area contributed by atoms with Crippen molar-refractivity contribution in [2.75, 3.05) is 37.3 Å². The van der Waals surface area contributed by atoms with E-state index in [2.05, 4.69) is 4.98 Å². The van der Waals surface area contributed by atoms with Gasteiger partial charge in [-0.3, -0.25) is 9.54 Å². The lowest BCUT2D eigenvalue weighted by Crippen LogP contribution is -2.54. The van der Waals surface area contributed by atoms with Crippen LogP contribution in [0, 0.1) is 0 Å². The molecule has 120 valence electrons. The van der Waals surface area contributed by atoms with Crippen molar-refractivity contribution in [3.63, 3.8) is 0 Å². The van der Waals surface area contributed by atoms with Gasteiger partial charge in [-0.1, -0.05) is 6.07 Å². The summed E-state index contributed by atoms with van der Waals surface area (Å²) >= 11 is 0. The molecule has 2 aromatic rings. The first-order valence-corrected chi connectivity index (χ1v) is 8.46. The zero-order valence-electron chi connectivity index (χ0n) is 12.0. The number of rotatable bonds is 3. The molecule has 0 amide bonds. The average Bonchev–Trinajstić information content (AvgIpc) is 2.77. The summed E-state index contributed by atoms with van der Waals surface area (Å²) in [7, 11) is -2.21. The maximum absolute atomic E-state index is 11.4. The Balaban J connectivity index is 2.04. The molecule has 1 aromatic heterocycles. The van der Waals surface area contributed by atoms with Crippen molar-refractivity contribution in [3.05, 3.63) is 28.7 Å². The molecule has 0 radical (unpaired) electrons. The smallest absolute Gasteiger partial charge is 0.406 e. The number of likely N-dealkylation sites (N-methyl/N-ethyl adjacent to an activating group) is 1. The van der Waals surface area contributed by atoms with Crippen LogP contribution in [0.1, 0.15) is 0 Å². The van der Waals surface area contributed by atoms with Crippen LogP contribution in [0.3, 0.4) is 0 Å². The number of anilines is 1. The third-order valence-electron chi connectivity index (χ3n) is 3.82. The lowest BCUT2D eigenvalue weighted by molar-refractivity contribution is 0.274. The van der Waals surface area contributed by atoms with E-state index in [-0.39, 0.29) is 5.75 Å². The molecule has 9 heteroatoms. The van der Waals surface area contributed by atoms with Gasteiger partial charge in [-0.2, -0.15) is 8.42 Å². The lowest BCUT2D eigenvalue weighted by Gasteiger charge is -2.40. The summed E-state index contributed by atoms with van der Waals surface area (Å²) in [5.41, 5.74) is 1.61. The molecule has 0 spiro atoms. The third kappa shape index (κ3) is 3.01. The monoisotopic (exact) mass is 327 g/mol. The van der Waals surface area contributed by atoms with Crippen molar-refractivity contribution in [1.29, 1.82) is 0 Å². The molecule has 2 N–H and O–H groups in total. The molecule has 0 saturated carbocycles. The molecule has 8 nitrogen and oxygen atoms in total. The van der Waals surface area contributed by atoms with E-state index < -0.39 is 21.9 Å². The second kappa shape index (κ2) is 5.41. The van der Waals surface area contributed by atoms with E-state index in [0.717, 1.165) is 6.54 Å². The van der Waals surface area contributed by atoms with Crippen LogP contribution in [0.2, 0.25) is 0 Å². The van der Waals surface area contributed by atoms with Gasteiger partial charge in [0.15, 0.2) is 5.58 Å². The van der Waals surface area contributed by atoms with Crippen molar-refractivity contribution >= 4 is 26.9 Å². The first kappa shape index (κ1) is 15.1. The van der Waals surface area contributed by atoms with Gasteiger partial charge in [-0.15, -0.1) is 0 Å². The van der Waals surface area contributed by atoms with Gasteiger partial charge in [0, 0.05) is 19.6 Å². The van der Waals surface area contributed by atoms with Crippen molar-refractivity contribution in [3.8, 4) is 0 Å². The Morgan fingerprint density at radius 3 is 2.91 bits per heavy atom. The van der Waals surface area contributed by atoms with Crippen LogP contribution in [0.5, 0.6) is 0 Å². The number of nitrogens with one attached hydrogen (secondary N) is 1. The van der Waals surface area contributed by atoms with E-state index in [9.17, 15) is 17.8 Å². The van der Waals surface area contributed by atoms with E-state index in [1.807, 2.05) is 16.8 Å². The van der Waals surface area contributed by atoms with Gasteiger partial charge in [0.25, 0.3) is 10.1 Å². The van der Waals surface area contributed by atoms with E-state index in [1.54, 1.807) is 18.2 Å². The molecule has 1 aliphatic rings. The first-order valence-electron chi connectivity index (χ1n) is 6.86. The molecule has 1 saturated heterocycles. The van der Waals surface area contributed by atoms with E-state index in [1.165, 1.54) is 0 Å². The van der Waals surface area contributed by atoms with Crippen LogP contribution in [-0.4, -0.2) is 61.3 Å². The number of piperazine rings is 1. The maximum atomic E-state index is 11.4. The summed E-state index contributed by atoms with van der Waals surface area (Å²) in [6.45, 7) is 1.81. The van der Waals surface area contributed by atoms with Crippen LogP contribution in [-0.2, 0) is 10.1 Å². The minimum absolute atomic E-state index is 0.373. The Kier molecular flexibility index (Phi) is 3.71. The number of H-pyrrole nitrogens is 1. The molecule has 3 rings (SSSR count). The minimum Gasteiger partial charge on any atom is -0.406 e. The predicted octanol–water partition coefficient (Wildman–Crippen LogP) is 0.129. The average molecular weight is 327 g/mol. The number of oxazole rings is 1. The summed E-state index contributed by atoms with van der Waals surface area (Å²) in [6, 6.07) is 4.85. The fourth-order valence-electron chi connectivity index (χ4n) is 2.90. The zero-order valence-corrected chi connectivity index (χ0v) is 12.8. The van der Waals surface area contributed by atoms with Crippen LogP contribution in [0.25, 0.3) is 11.1 Å². The molecule has 1 aromatic carbocycles. The Hall–Kier alpha value is -1.84. The predicted molar refractivity (Wildman–Crippen MR) is 81.9 cm³/mol. The quantitative estimate of drug-likeness (QED) is 0.772. The second-order valence-corrected chi connectivity index (χ2v) is 7.02. The summed E-state index contributed by atoms with van der Waals surface area (Å²) < 4.78 is 36.9. The van der Waals surface area contributed by atoms with Gasteiger partial charge in [0.05, 0.1) is 23.0 Å². The first-order chi connectivity index (χ1) is 10.3. The van der Waals surface area contributed by atoms with Gasteiger partial charge < -0.3 is 14.2 Å². The van der Waals surface area contributed by atoms with Crippen LogP contribution < -0.4 is 10.7 Å². The number of aromatic nitrogens is 1. The molecule has 1 unspecified atom stereocenters. The SMILES string of the molecule is CN1CCN(c2cccc3[nH]c(=O)oc23)C(CS(=O)(=O)O)C1. The Bertz CT molecular complexity index is 841. The summed E-state index contributed by atoms with van der Waals surface area (Å²) in [6.07, 6.45) is 0. The molecule has 2 heterocycles. The highest BCUT2D eigenvalue weighted by Crippen LogP contribution is 2.28. The standard InChI is InChI=1S/C13H17N3O5S/c1-15-5-6-16(9(7-15)8-22(18,19)20)11-4-2-3-10-12(11)21-13(17)14-10/h2-4,9H,5-8H2,1H3,(H,14,17)(H,18,19,20). The molecule has 1 fully saturated rings. The van der Waals surface area contributed by atoms with Crippen molar-refractivity contribution < 1.29 is 17.4 Å². The number of benzene rings is 1. The summed E-state index contributed by atoms with van der Waals surface area (Å²) in [4.78, 5) is 17.9. The maximum Gasteiger partial charge on any atom is 0.417 e. The normalized spacial score (nSPS) is 20.6. The fourth-order valence-corrected chi connectivity index (χ4v) is 3.67.